The van der Waals surface area contributed by atoms with Crippen LogP contribution < -0.4 is 15.4 Å². The van der Waals surface area contributed by atoms with Crippen LogP contribution in [0.3, 0.4) is 0 Å². The molecule has 0 spiro atoms. The van der Waals surface area contributed by atoms with Crippen molar-refractivity contribution in [2.75, 3.05) is 19.6 Å². The van der Waals surface area contributed by atoms with Gasteiger partial charge in [-0.1, -0.05) is 17.7 Å². The molecule has 3 N–H and O–H groups in total. The summed E-state index contributed by atoms with van der Waals surface area (Å²) in [7, 11) is -3.72. The largest absolute Gasteiger partial charge is 0.459 e. The van der Waals surface area contributed by atoms with E-state index in [0.717, 1.165) is 0 Å². The van der Waals surface area contributed by atoms with Crippen molar-refractivity contribution in [3.05, 3.63) is 53.4 Å². The highest BCUT2D eigenvalue weighted by atomic mass is 35.5. The summed E-state index contributed by atoms with van der Waals surface area (Å²) in [6, 6.07) is 8.96. The summed E-state index contributed by atoms with van der Waals surface area (Å²) in [5.74, 6) is -0.531. The minimum Gasteiger partial charge on any atom is -0.459 e. The van der Waals surface area contributed by atoms with Crippen LogP contribution in [0, 0.1) is 0 Å². The van der Waals surface area contributed by atoms with Crippen molar-refractivity contribution in [1.82, 2.24) is 15.4 Å². The van der Waals surface area contributed by atoms with E-state index in [0.29, 0.717) is 5.02 Å². The molecule has 1 aromatic carbocycles. The Morgan fingerprint density at radius 3 is 2.50 bits per heavy atom. The molecule has 0 saturated heterocycles. The number of carbonyl (C=O) groups excluding carboxylic acids is 2. The number of carbonyl (C=O) groups is 2. The Balaban J connectivity index is 1.65. The van der Waals surface area contributed by atoms with Gasteiger partial charge in [-0.25, -0.2) is 13.1 Å². The van der Waals surface area contributed by atoms with Crippen LogP contribution in [0.2, 0.25) is 5.02 Å². The topological polar surface area (TPSA) is 118 Å². The standard InChI is InChI=1S/C16H18ClN3O5S/c17-12-3-1-4-13(11-12)26(23,24)20-7-6-15(21)18-8-9-19-16(22)14-5-2-10-25-14/h1-5,10-11,20H,6-9H2,(H,18,21)(H,19,22). The predicted molar refractivity (Wildman–Crippen MR) is 95.3 cm³/mol. The molecule has 26 heavy (non-hydrogen) atoms. The molecule has 8 nitrogen and oxygen atoms in total. The molecule has 0 radical (unpaired) electrons. The van der Waals surface area contributed by atoms with Crippen LogP contribution in [0.25, 0.3) is 0 Å². The average molecular weight is 400 g/mol. The summed E-state index contributed by atoms with van der Waals surface area (Å²) in [5, 5.41) is 5.46. The molecule has 140 valence electrons. The van der Waals surface area contributed by atoms with Gasteiger partial charge < -0.3 is 15.1 Å². The smallest absolute Gasteiger partial charge is 0.287 e. The van der Waals surface area contributed by atoms with E-state index in [2.05, 4.69) is 15.4 Å². The van der Waals surface area contributed by atoms with Crippen molar-refractivity contribution >= 4 is 33.4 Å². The lowest BCUT2D eigenvalue weighted by Gasteiger charge is -2.08. The second kappa shape index (κ2) is 9.37. The number of hydrogen-bond acceptors (Lipinski definition) is 5. The number of halogens is 1. The van der Waals surface area contributed by atoms with Gasteiger partial charge in [0.25, 0.3) is 5.91 Å². The summed E-state index contributed by atoms with van der Waals surface area (Å²) in [6.07, 6.45) is 1.35. The van der Waals surface area contributed by atoms with Crippen LogP contribution >= 0.6 is 11.6 Å². The molecule has 1 heterocycles. The average Bonchev–Trinajstić information content (AvgIpc) is 3.13. The highest BCUT2D eigenvalue weighted by Crippen LogP contribution is 2.14. The minimum absolute atomic E-state index is 0.0334. The maximum atomic E-state index is 12.1. The van der Waals surface area contributed by atoms with Gasteiger partial charge in [-0.15, -0.1) is 0 Å². The van der Waals surface area contributed by atoms with Gasteiger partial charge in [-0.05, 0) is 30.3 Å². The van der Waals surface area contributed by atoms with Crippen LogP contribution in [0.1, 0.15) is 17.0 Å². The van der Waals surface area contributed by atoms with E-state index in [4.69, 9.17) is 16.0 Å². The van der Waals surface area contributed by atoms with E-state index < -0.39 is 10.0 Å². The number of amides is 2. The summed E-state index contributed by atoms with van der Waals surface area (Å²) >= 11 is 5.77. The molecule has 0 fully saturated rings. The molecule has 10 heteroatoms. The van der Waals surface area contributed by atoms with Gasteiger partial charge in [0.1, 0.15) is 0 Å². The maximum absolute atomic E-state index is 12.1. The zero-order valence-corrected chi connectivity index (χ0v) is 15.3. The predicted octanol–water partition coefficient (Wildman–Crippen LogP) is 1.15. The van der Waals surface area contributed by atoms with Crippen LogP contribution in [-0.4, -0.2) is 39.9 Å². The van der Waals surface area contributed by atoms with Gasteiger partial charge in [0.05, 0.1) is 11.2 Å². The van der Waals surface area contributed by atoms with Gasteiger partial charge >= 0.3 is 0 Å². The SMILES string of the molecule is O=C(CCNS(=O)(=O)c1cccc(Cl)c1)NCCNC(=O)c1ccco1. The Morgan fingerprint density at radius 1 is 1.04 bits per heavy atom. The van der Waals surface area contributed by atoms with Crippen LogP contribution in [0.15, 0.2) is 52.0 Å². The number of benzene rings is 1. The third-order valence-electron chi connectivity index (χ3n) is 3.23. The Kier molecular flexibility index (Phi) is 7.19. The van der Waals surface area contributed by atoms with Crippen molar-refractivity contribution in [3.8, 4) is 0 Å². The van der Waals surface area contributed by atoms with Gasteiger partial charge in [-0.3, -0.25) is 9.59 Å². The number of sulfonamides is 1. The Bertz CT molecular complexity index is 853. The summed E-state index contributed by atoms with van der Waals surface area (Å²) < 4.78 is 31.4. The monoisotopic (exact) mass is 399 g/mol. The number of furan rings is 1. The molecule has 0 aliphatic carbocycles. The maximum Gasteiger partial charge on any atom is 0.287 e. The lowest BCUT2D eigenvalue weighted by Crippen LogP contribution is -2.36. The molecule has 2 rings (SSSR count). The van der Waals surface area contributed by atoms with Crippen LogP contribution in [-0.2, 0) is 14.8 Å². The van der Waals surface area contributed by atoms with Crippen molar-refractivity contribution < 1.29 is 22.4 Å². The van der Waals surface area contributed by atoms with Gasteiger partial charge in [0.2, 0.25) is 15.9 Å². The first kappa shape index (κ1) is 20.0. The second-order valence-electron chi connectivity index (χ2n) is 5.19. The first-order valence-electron chi connectivity index (χ1n) is 7.72. The van der Waals surface area contributed by atoms with Crippen LogP contribution in [0.5, 0.6) is 0 Å². The lowest BCUT2D eigenvalue weighted by molar-refractivity contribution is -0.120. The fraction of sp³-hybridized carbons (Fsp3) is 0.250. The molecule has 0 bridgehead atoms. The zero-order chi connectivity index (χ0) is 19.0. The van der Waals surface area contributed by atoms with E-state index in [1.807, 2.05) is 0 Å². The number of nitrogens with one attached hydrogen (secondary N) is 3. The third kappa shape index (κ3) is 6.17. The first-order valence-corrected chi connectivity index (χ1v) is 9.58. The molecule has 0 aliphatic heterocycles. The summed E-state index contributed by atoms with van der Waals surface area (Å²) in [4.78, 5) is 23.3. The van der Waals surface area contributed by atoms with Crippen molar-refractivity contribution in [1.29, 1.82) is 0 Å². The number of rotatable bonds is 9. The van der Waals surface area contributed by atoms with E-state index >= 15 is 0 Å². The van der Waals surface area contributed by atoms with Crippen LogP contribution in [0.4, 0.5) is 0 Å². The fourth-order valence-electron chi connectivity index (χ4n) is 1.98. The third-order valence-corrected chi connectivity index (χ3v) is 4.92. The molecule has 0 atom stereocenters. The van der Waals surface area contributed by atoms with E-state index in [9.17, 15) is 18.0 Å². The van der Waals surface area contributed by atoms with E-state index in [-0.39, 0.29) is 48.5 Å². The van der Waals surface area contributed by atoms with Crippen molar-refractivity contribution in [2.24, 2.45) is 0 Å². The molecular formula is C16H18ClN3O5S. The molecule has 0 aliphatic rings. The highest BCUT2D eigenvalue weighted by Gasteiger charge is 2.14. The number of hydrogen-bond donors (Lipinski definition) is 3. The second-order valence-corrected chi connectivity index (χ2v) is 7.39. The Morgan fingerprint density at radius 2 is 1.81 bits per heavy atom. The van der Waals surface area contributed by atoms with Crippen molar-refractivity contribution in [2.45, 2.75) is 11.3 Å². The normalized spacial score (nSPS) is 11.1. The summed E-state index contributed by atoms with van der Waals surface area (Å²) in [6.45, 7) is 0.380. The molecule has 2 aromatic rings. The molecule has 2 amide bonds. The van der Waals surface area contributed by atoms with E-state index in [1.165, 1.54) is 30.5 Å². The highest BCUT2D eigenvalue weighted by molar-refractivity contribution is 7.89. The summed E-state index contributed by atoms with van der Waals surface area (Å²) in [5.41, 5.74) is 0. The quantitative estimate of drug-likeness (QED) is 0.547. The minimum atomic E-state index is -3.72. The van der Waals surface area contributed by atoms with Gasteiger partial charge in [-0.2, -0.15) is 0 Å². The van der Waals surface area contributed by atoms with E-state index in [1.54, 1.807) is 12.1 Å². The first-order chi connectivity index (χ1) is 12.4. The molecule has 1 aromatic heterocycles. The van der Waals surface area contributed by atoms with Gasteiger partial charge in [0, 0.05) is 31.1 Å². The Hall–Kier alpha value is -2.36. The van der Waals surface area contributed by atoms with Gasteiger partial charge in [0.15, 0.2) is 5.76 Å². The lowest BCUT2D eigenvalue weighted by atomic mass is 10.4. The molecule has 0 unspecified atom stereocenters. The van der Waals surface area contributed by atoms with Crippen molar-refractivity contribution in [3.63, 3.8) is 0 Å². The fourth-order valence-corrected chi connectivity index (χ4v) is 3.31. The molecular weight excluding hydrogens is 382 g/mol. The molecule has 0 saturated carbocycles. The Labute approximate surface area is 156 Å². The zero-order valence-electron chi connectivity index (χ0n) is 13.7.